The van der Waals surface area contributed by atoms with Gasteiger partial charge < -0.3 is 15.5 Å². The summed E-state index contributed by atoms with van der Waals surface area (Å²) >= 11 is 0. The van der Waals surface area contributed by atoms with Crippen molar-refractivity contribution in [2.45, 2.75) is 56.8 Å². The molecule has 0 fully saturated rings. The Morgan fingerprint density at radius 3 is 2.53 bits per heavy atom. The van der Waals surface area contributed by atoms with E-state index in [2.05, 4.69) is 15.3 Å². The maximum absolute atomic E-state index is 14.3. The van der Waals surface area contributed by atoms with Gasteiger partial charge in [-0.2, -0.15) is 17.6 Å². The molecule has 3 atom stereocenters. The number of benzene rings is 2. The van der Waals surface area contributed by atoms with Crippen LogP contribution in [0.1, 0.15) is 55.1 Å². The first-order chi connectivity index (χ1) is 15.9. The van der Waals surface area contributed by atoms with Crippen LogP contribution >= 0.6 is 0 Å². The number of phenolic OH excluding ortho intramolecular Hbond substituents is 1. The number of alkyl halides is 3. The number of aliphatic hydroxyl groups is 1. The van der Waals surface area contributed by atoms with Crippen molar-refractivity contribution in [1.82, 2.24) is 9.97 Å². The van der Waals surface area contributed by atoms with Gasteiger partial charge in [-0.15, -0.1) is 0 Å². The molecule has 3 N–H and O–H groups in total. The maximum atomic E-state index is 14.3. The number of aromatic nitrogens is 2. The van der Waals surface area contributed by atoms with Crippen molar-refractivity contribution in [3.8, 4) is 5.75 Å². The summed E-state index contributed by atoms with van der Waals surface area (Å²) in [5.41, 5.74) is -4.22. The Morgan fingerprint density at radius 1 is 1.18 bits per heavy atom. The van der Waals surface area contributed by atoms with E-state index < -0.39 is 58.9 Å². The molecule has 5 nitrogen and oxygen atoms in total. The van der Waals surface area contributed by atoms with Crippen LogP contribution in [0.2, 0.25) is 0 Å². The molecule has 0 spiro atoms. The van der Waals surface area contributed by atoms with Gasteiger partial charge >= 0.3 is 6.18 Å². The second kappa shape index (κ2) is 8.30. The van der Waals surface area contributed by atoms with E-state index in [0.717, 1.165) is 12.1 Å². The zero-order valence-electron chi connectivity index (χ0n) is 18.1. The number of phenols is 1. The Balaban J connectivity index is 1.98. The standard InChI is InChI=1S/C23H21F6N3O2/c1-3-4-11-8-22(34,23(27,28)29)21(13-7-15(25)19(26)20(33)18(11)13)32-17-6-12(24)5-16-14(17)9-30-10(2)31-16/h5-7,9,11,21,32-34H,3-4,8H2,1-2H3/t11?,21?,22-/m1/s1. The van der Waals surface area contributed by atoms with Crippen LogP contribution < -0.4 is 5.32 Å². The highest BCUT2D eigenvalue weighted by molar-refractivity contribution is 5.91. The molecule has 0 amide bonds. The third-order valence-corrected chi connectivity index (χ3v) is 6.23. The molecule has 0 bridgehead atoms. The van der Waals surface area contributed by atoms with E-state index in [-0.39, 0.29) is 28.6 Å². The molecule has 0 saturated carbocycles. The fraction of sp³-hybridized carbons (Fsp3) is 0.391. The highest BCUT2D eigenvalue weighted by Gasteiger charge is 2.62. The Hall–Kier alpha value is -3.08. The predicted molar refractivity (Wildman–Crippen MR) is 112 cm³/mol. The molecule has 0 saturated heterocycles. The van der Waals surface area contributed by atoms with Gasteiger partial charge in [0.1, 0.15) is 11.6 Å². The van der Waals surface area contributed by atoms with Gasteiger partial charge in [-0.05, 0) is 43.4 Å². The minimum absolute atomic E-state index is 0.0761. The van der Waals surface area contributed by atoms with Crippen LogP contribution in [0.15, 0.2) is 24.4 Å². The summed E-state index contributed by atoms with van der Waals surface area (Å²) in [6, 6.07) is 0.402. The summed E-state index contributed by atoms with van der Waals surface area (Å²) in [4.78, 5) is 8.06. The topological polar surface area (TPSA) is 78.3 Å². The van der Waals surface area contributed by atoms with Crippen LogP contribution in [0.4, 0.5) is 32.0 Å². The summed E-state index contributed by atoms with van der Waals surface area (Å²) in [6.07, 6.45) is -4.41. The molecule has 1 heterocycles. The number of fused-ring (bicyclic) bond motifs is 2. The van der Waals surface area contributed by atoms with Crippen molar-refractivity contribution in [2.24, 2.45) is 0 Å². The van der Waals surface area contributed by atoms with Crippen LogP contribution in [0, 0.1) is 24.4 Å². The highest BCUT2D eigenvalue weighted by atomic mass is 19.4. The van der Waals surface area contributed by atoms with Crippen molar-refractivity contribution in [2.75, 3.05) is 5.32 Å². The Bertz CT molecular complexity index is 1260. The monoisotopic (exact) mass is 485 g/mol. The van der Waals surface area contributed by atoms with E-state index in [1.54, 1.807) is 13.8 Å². The third-order valence-electron chi connectivity index (χ3n) is 6.23. The first-order valence-corrected chi connectivity index (χ1v) is 10.6. The number of hydrogen-bond acceptors (Lipinski definition) is 5. The molecule has 2 aromatic carbocycles. The van der Waals surface area contributed by atoms with Gasteiger partial charge in [0.25, 0.3) is 0 Å². The zero-order chi connectivity index (χ0) is 25.0. The molecule has 1 aromatic heterocycles. The largest absolute Gasteiger partial charge is 0.505 e. The maximum Gasteiger partial charge on any atom is 0.419 e. The van der Waals surface area contributed by atoms with Crippen molar-refractivity contribution >= 4 is 16.6 Å². The number of anilines is 1. The molecular formula is C23H21F6N3O2. The SMILES string of the molecule is CCCC1C[C@](O)(C(F)(F)F)C(Nc2cc(F)cc3nc(C)ncc23)c2cc(F)c(F)c(O)c21. The normalized spacial score (nSPS) is 22.6. The summed E-state index contributed by atoms with van der Waals surface area (Å²) < 4.78 is 85.7. The zero-order valence-corrected chi connectivity index (χ0v) is 18.1. The molecule has 0 aliphatic heterocycles. The lowest BCUT2D eigenvalue weighted by Gasteiger charge is -2.46. The van der Waals surface area contributed by atoms with E-state index in [1.807, 2.05) is 0 Å². The Labute approximate surface area is 190 Å². The number of rotatable bonds is 4. The minimum Gasteiger partial charge on any atom is -0.505 e. The van der Waals surface area contributed by atoms with E-state index in [0.29, 0.717) is 18.3 Å². The second-order valence-corrected chi connectivity index (χ2v) is 8.52. The van der Waals surface area contributed by atoms with Gasteiger partial charge in [0, 0.05) is 28.9 Å². The molecular weight excluding hydrogens is 464 g/mol. The van der Waals surface area contributed by atoms with Crippen LogP contribution in [0.25, 0.3) is 10.9 Å². The summed E-state index contributed by atoms with van der Waals surface area (Å²) in [7, 11) is 0. The lowest BCUT2D eigenvalue weighted by molar-refractivity contribution is -0.273. The Kier molecular flexibility index (Phi) is 5.87. The predicted octanol–water partition coefficient (Wildman–Crippen LogP) is 5.80. The molecule has 34 heavy (non-hydrogen) atoms. The molecule has 1 aliphatic rings. The quantitative estimate of drug-likeness (QED) is 0.408. The summed E-state index contributed by atoms with van der Waals surface area (Å²) in [6.45, 7) is 3.22. The lowest BCUT2D eigenvalue weighted by Crippen LogP contribution is -2.55. The minimum atomic E-state index is -5.20. The van der Waals surface area contributed by atoms with Gasteiger partial charge in [0.15, 0.2) is 17.2 Å². The van der Waals surface area contributed by atoms with E-state index in [1.165, 1.54) is 6.20 Å². The van der Waals surface area contributed by atoms with Gasteiger partial charge in [-0.1, -0.05) is 13.3 Å². The fourth-order valence-corrected chi connectivity index (χ4v) is 4.71. The van der Waals surface area contributed by atoms with E-state index >= 15 is 0 Å². The van der Waals surface area contributed by atoms with Crippen molar-refractivity contribution in [3.05, 3.63) is 58.8 Å². The first-order valence-electron chi connectivity index (χ1n) is 10.6. The highest BCUT2D eigenvalue weighted by Crippen LogP contribution is 2.56. The summed E-state index contributed by atoms with van der Waals surface area (Å²) in [5, 5.41) is 24.0. The lowest BCUT2D eigenvalue weighted by atomic mass is 9.68. The molecule has 1 aliphatic carbocycles. The van der Waals surface area contributed by atoms with Crippen LogP contribution in [0.5, 0.6) is 5.75 Å². The number of aryl methyl sites for hydroxylation is 1. The van der Waals surface area contributed by atoms with Crippen LogP contribution in [-0.2, 0) is 0 Å². The van der Waals surface area contributed by atoms with Gasteiger partial charge in [-0.25, -0.2) is 18.7 Å². The van der Waals surface area contributed by atoms with Crippen LogP contribution in [0.3, 0.4) is 0 Å². The number of nitrogens with one attached hydrogen (secondary N) is 1. The molecule has 182 valence electrons. The number of nitrogens with zero attached hydrogens (tertiary/aromatic N) is 2. The third kappa shape index (κ3) is 3.81. The average molecular weight is 485 g/mol. The molecule has 4 rings (SSSR count). The van der Waals surface area contributed by atoms with Crippen LogP contribution in [-0.4, -0.2) is 32.0 Å². The molecule has 11 heteroatoms. The van der Waals surface area contributed by atoms with Crippen molar-refractivity contribution in [1.29, 1.82) is 0 Å². The van der Waals surface area contributed by atoms with Gasteiger partial charge in [0.05, 0.1) is 11.6 Å². The Morgan fingerprint density at radius 2 is 1.88 bits per heavy atom. The van der Waals surface area contributed by atoms with Crippen molar-refractivity contribution in [3.63, 3.8) is 0 Å². The number of hydrogen-bond donors (Lipinski definition) is 3. The second-order valence-electron chi connectivity index (χ2n) is 8.52. The van der Waals surface area contributed by atoms with E-state index in [4.69, 9.17) is 0 Å². The molecule has 0 radical (unpaired) electrons. The smallest absolute Gasteiger partial charge is 0.419 e. The van der Waals surface area contributed by atoms with E-state index in [9.17, 15) is 36.6 Å². The molecule has 2 unspecified atom stereocenters. The van der Waals surface area contributed by atoms with Gasteiger partial charge in [-0.3, -0.25) is 0 Å². The number of aromatic hydroxyl groups is 1. The summed E-state index contributed by atoms with van der Waals surface area (Å²) in [5.74, 6) is -5.90. The van der Waals surface area contributed by atoms with Gasteiger partial charge in [0.2, 0.25) is 5.82 Å². The first kappa shape index (κ1) is 24.1. The molecule has 3 aromatic rings. The van der Waals surface area contributed by atoms with Crippen molar-refractivity contribution < 1.29 is 36.6 Å². The fourth-order valence-electron chi connectivity index (χ4n) is 4.71. The average Bonchev–Trinajstić information content (AvgIpc) is 2.73. The number of halogens is 6.